The summed E-state index contributed by atoms with van der Waals surface area (Å²) in [5, 5.41) is 3.11. The van der Waals surface area contributed by atoms with Gasteiger partial charge in [0.2, 0.25) is 0 Å². The SMILES string of the molecule is CCC(C)N(C)CNC. The molecule has 0 bridgehead atoms. The Labute approximate surface area is 58.2 Å². The summed E-state index contributed by atoms with van der Waals surface area (Å²) in [6, 6.07) is 0.692. The zero-order valence-corrected chi connectivity index (χ0v) is 6.94. The van der Waals surface area contributed by atoms with Crippen LogP contribution in [0.4, 0.5) is 0 Å². The molecule has 0 saturated carbocycles. The van der Waals surface area contributed by atoms with E-state index >= 15 is 0 Å². The fraction of sp³-hybridized carbons (Fsp3) is 1.00. The van der Waals surface area contributed by atoms with E-state index in [-0.39, 0.29) is 0 Å². The Morgan fingerprint density at radius 3 is 2.44 bits per heavy atom. The van der Waals surface area contributed by atoms with Gasteiger partial charge in [-0.05, 0) is 27.4 Å². The highest BCUT2D eigenvalue weighted by atomic mass is 15.2. The summed E-state index contributed by atoms with van der Waals surface area (Å²) in [6.07, 6.45) is 1.22. The predicted octanol–water partition coefficient (Wildman–Crippen LogP) is 0.894. The van der Waals surface area contributed by atoms with Crippen LogP contribution in [0.25, 0.3) is 0 Å². The van der Waals surface area contributed by atoms with Crippen LogP contribution in [0.2, 0.25) is 0 Å². The molecule has 0 saturated heterocycles. The van der Waals surface area contributed by atoms with Gasteiger partial charge in [-0.1, -0.05) is 6.92 Å². The lowest BCUT2D eigenvalue weighted by atomic mass is 10.2. The zero-order valence-electron chi connectivity index (χ0n) is 6.94. The van der Waals surface area contributed by atoms with E-state index in [2.05, 4.69) is 31.1 Å². The molecule has 1 N–H and O–H groups in total. The zero-order chi connectivity index (χ0) is 7.28. The highest BCUT2D eigenvalue weighted by Gasteiger charge is 2.02. The van der Waals surface area contributed by atoms with Crippen molar-refractivity contribution in [2.75, 3.05) is 20.8 Å². The van der Waals surface area contributed by atoms with Gasteiger partial charge >= 0.3 is 0 Å². The van der Waals surface area contributed by atoms with E-state index < -0.39 is 0 Å². The van der Waals surface area contributed by atoms with Gasteiger partial charge in [0, 0.05) is 12.7 Å². The van der Waals surface area contributed by atoms with Crippen LogP contribution in [-0.2, 0) is 0 Å². The minimum absolute atomic E-state index is 0.692. The van der Waals surface area contributed by atoms with Gasteiger partial charge in [-0.3, -0.25) is 4.90 Å². The smallest absolute Gasteiger partial charge is 0.0477 e. The molecule has 0 aliphatic heterocycles. The summed E-state index contributed by atoms with van der Waals surface area (Å²) in [4.78, 5) is 2.29. The fourth-order valence-electron chi connectivity index (χ4n) is 0.717. The molecular weight excluding hydrogens is 112 g/mol. The van der Waals surface area contributed by atoms with E-state index in [1.54, 1.807) is 0 Å². The molecule has 0 spiro atoms. The second-order valence-corrected chi connectivity index (χ2v) is 2.53. The van der Waals surface area contributed by atoms with Gasteiger partial charge in [0.1, 0.15) is 0 Å². The molecule has 0 radical (unpaired) electrons. The minimum atomic E-state index is 0.692. The van der Waals surface area contributed by atoms with Gasteiger partial charge in [0.15, 0.2) is 0 Å². The molecule has 56 valence electrons. The topological polar surface area (TPSA) is 15.3 Å². The fourth-order valence-corrected chi connectivity index (χ4v) is 0.717. The summed E-state index contributed by atoms with van der Waals surface area (Å²) < 4.78 is 0. The Morgan fingerprint density at radius 1 is 1.56 bits per heavy atom. The van der Waals surface area contributed by atoms with Crippen LogP contribution >= 0.6 is 0 Å². The molecule has 1 atom stereocenters. The molecule has 0 amide bonds. The first-order valence-electron chi connectivity index (χ1n) is 3.57. The molecule has 0 rings (SSSR count). The molecule has 1 unspecified atom stereocenters. The number of rotatable bonds is 4. The van der Waals surface area contributed by atoms with Gasteiger partial charge in [-0.2, -0.15) is 0 Å². The molecule has 0 aromatic heterocycles. The third-order valence-electron chi connectivity index (χ3n) is 1.75. The average Bonchev–Trinajstić information content (AvgIpc) is 1.87. The highest BCUT2D eigenvalue weighted by molar-refractivity contribution is 4.57. The first kappa shape index (κ1) is 8.92. The summed E-state index contributed by atoms with van der Waals surface area (Å²) in [5.74, 6) is 0. The highest BCUT2D eigenvalue weighted by Crippen LogP contribution is 1.96. The second kappa shape index (κ2) is 4.77. The molecule has 0 aliphatic carbocycles. The van der Waals surface area contributed by atoms with Crippen molar-refractivity contribution in [1.82, 2.24) is 10.2 Å². The summed E-state index contributed by atoms with van der Waals surface area (Å²) in [7, 11) is 4.10. The average molecular weight is 130 g/mol. The van der Waals surface area contributed by atoms with Crippen LogP contribution in [0, 0.1) is 0 Å². The molecule has 2 heteroatoms. The molecule has 0 aliphatic rings. The summed E-state index contributed by atoms with van der Waals surface area (Å²) in [5.41, 5.74) is 0. The Morgan fingerprint density at radius 2 is 2.11 bits per heavy atom. The molecule has 0 aromatic carbocycles. The van der Waals surface area contributed by atoms with E-state index in [9.17, 15) is 0 Å². The third-order valence-corrected chi connectivity index (χ3v) is 1.75. The predicted molar refractivity (Wildman–Crippen MR) is 41.4 cm³/mol. The van der Waals surface area contributed by atoms with Crippen LogP contribution in [0.15, 0.2) is 0 Å². The maximum absolute atomic E-state index is 3.11. The molecule has 0 aromatic rings. The largest absolute Gasteiger partial charge is 0.307 e. The number of nitrogens with zero attached hydrogens (tertiary/aromatic N) is 1. The Balaban J connectivity index is 3.32. The van der Waals surface area contributed by atoms with Crippen molar-refractivity contribution in [3.8, 4) is 0 Å². The van der Waals surface area contributed by atoms with E-state index in [0.29, 0.717) is 6.04 Å². The maximum Gasteiger partial charge on any atom is 0.0477 e. The van der Waals surface area contributed by atoms with Crippen LogP contribution in [0.1, 0.15) is 20.3 Å². The second-order valence-electron chi connectivity index (χ2n) is 2.53. The number of nitrogens with one attached hydrogen (secondary N) is 1. The van der Waals surface area contributed by atoms with Crippen molar-refractivity contribution >= 4 is 0 Å². The Hall–Kier alpha value is -0.0800. The lowest BCUT2D eigenvalue weighted by molar-refractivity contribution is 0.240. The van der Waals surface area contributed by atoms with E-state index in [4.69, 9.17) is 0 Å². The Bertz CT molecular complexity index is 63.9. The molecule has 0 fully saturated rings. The van der Waals surface area contributed by atoms with E-state index in [0.717, 1.165) is 6.67 Å². The first-order valence-corrected chi connectivity index (χ1v) is 3.57. The lowest BCUT2D eigenvalue weighted by Gasteiger charge is -2.22. The van der Waals surface area contributed by atoms with Crippen molar-refractivity contribution < 1.29 is 0 Å². The van der Waals surface area contributed by atoms with Crippen LogP contribution in [0.5, 0.6) is 0 Å². The maximum atomic E-state index is 3.11. The standard InChI is InChI=1S/C7H18N2/c1-5-7(2)9(4)6-8-3/h7-8H,5-6H2,1-4H3. The van der Waals surface area contributed by atoms with Crippen LogP contribution < -0.4 is 5.32 Å². The van der Waals surface area contributed by atoms with Crippen molar-refractivity contribution in [1.29, 1.82) is 0 Å². The molecular formula is C7H18N2. The third kappa shape index (κ3) is 3.49. The van der Waals surface area contributed by atoms with Crippen LogP contribution in [-0.4, -0.2) is 31.7 Å². The molecule has 9 heavy (non-hydrogen) atoms. The number of hydrogen-bond donors (Lipinski definition) is 1. The van der Waals surface area contributed by atoms with Gasteiger partial charge < -0.3 is 5.32 Å². The lowest BCUT2D eigenvalue weighted by Crippen LogP contribution is -2.35. The quantitative estimate of drug-likeness (QED) is 0.569. The first-order chi connectivity index (χ1) is 4.22. The summed E-state index contributed by atoms with van der Waals surface area (Å²) in [6.45, 7) is 5.42. The number of hydrogen-bond acceptors (Lipinski definition) is 2. The van der Waals surface area contributed by atoms with Gasteiger partial charge in [-0.15, -0.1) is 0 Å². The van der Waals surface area contributed by atoms with Crippen LogP contribution in [0.3, 0.4) is 0 Å². The van der Waals surface area contributed by atoms with Gasteiger partial charge in [0.05, 0.1) is 0 Å². The normalized spacial score (nSPS) is 14.3. The van der Waals surface area contributed by atoms with Gasteiger partial charge in [-0.25, -0.2) is 0 Å². The monoisotopic (exact) mass is 130 g/mol. The van der Waals surface area contributed by atoms with Crippen molar-refractivity contribution in [2.24, 2.45) is 0 Å². The summed E-state index contributed by atoms with van der Waals surface area (Å²) >= 11 is 0. The minimum Gasteiger partial charge on any atom is -0.307 e. The Kier molecular flexibility index (Phi) is 4.72. The molecule has 2 nitrogen and oxygen atoms in total. The van der Waals surface area contributed by atoms with Crippen molar-refractivity contribution in [2.45, 2.75) is 26.3 Å². The van der Waals surface area contributed by atoms with Crippen molar-refractivity contribution in [3.05, 3.63) is 0 Å². The van der Waals surface area contributed by atoms with Gasteiger partial charge in [0.25, 0.3) is 0 Å². The molecule has 0 heterocycles. The van der Waals surface area contributed by atoms with E-state index in [1.165, 1.54) is 6.42 Å². The van der Waals surface area contributed by atoms with Crippen molar-refractivity contribution in [3.63, 3.8) is 0 Å². The van der Waals surface area contributed by atoms with E-state index in [1.807, 2.05) is 7.05 Å².